The highest BCUT2D eigenvalue weighted by molar-refractivity contribution is 7.78. The van der Waals surface area contributed by atoms with Gasteiger partial charge in [0.15, 0.2) is 5.82 Å². The van der Waals surface area contributed by atoms with Gasteiger partial charge in [0.1, 0.15) is 6.20 Å². The van der Waals surface area contributed by atoms with Gasteiger partial charge in [-0.1, -0.05) is 11.6 Å². The third-order valence-corrected chi connectivity index (χ3v) is 1.54. The summed E-state index contributed by atoms with van der Waals surface area (Å²) in [6.07, 6.45) is 1.05. The molecule has 0 radical (unpaired) electrons. The Balaban J connectivity index is 3.19. The third kappa shape index (κ3) is 2.29. The van der Waals surface area contributed by atoms with Crippen molar-refractivity contribution in [3.63, 3.8) is 0 Å². The molecule has 1 aromatic heterocycles. The summed E-state index contributed by atoms with van der Waals surface area (Å²) in [4.78, 5) is 16.8. The fraction of sp³-hybridized carbons (Fsp3) is 0. The highest BCUT2D eigenvalue weighted by atomic mass is 35.5. The predicted molar refractivity (Wildman–Crippen MR) is 50.6 cm³/mol. The van der Waals surface area contributed by atoms with Crippen LogP contribution in [0.4, 0.5) is 11.5 Å². The van der Waals surface area contributed by atoms with Crippen molar-refractivity contribution in [1.29, 1.82) is 0 Å². The lowest BCUT2D eigenvalue weighted by atomic mass is 10.4. The number of hydrogen-bond donors (Lipinski definition) is 0. The maximum Gasteiger partial charge on any atom is 0.289 e. The number of aromatic nitrogens is 1. The molecule has 1 rings (SSSR count). The molecule has 0 aliphatic carbocycles. The minimum Gasteiger partial charge on any atom is -0.258 e. The van der Waals surface area contributed by atoms with E-state index in [1.807, 2.05) is 0 Å². The summed E-state index contributed by atoms with van der Waals surface area (Å²) < 4.78 is 0. The number of halogens is 1. The van der Waals surface area contributed by atoms with Gasteiger partial charge in [0.05, 0.1) is 15.1 Å². The number of hydrogen-bond acceptors (Lipinski definition) is 5. The van der Waals surface area contributed by atoms with Gasteiger partial charge >= 0.3 is 0 Å². The average molecular weight is 216 g/mol. The molecule has 1 heterocycles. The largest absolute Gasteiger partial charge is 0.289 e. The van der Waals surface area contributed by atoms with E-state index in [0.717, 1.165) is 12.3 Å². The van der Waals surface area contributed by atoms with Gasteiger partial charge in [-0.15, -0.1) is 0 Å². The zero-order chi connectivity index (χ0) is 9.84. The first kappa shape index (κ1) is 9.73. The smallest absolute Gasteiger partial charge is 0.258 e. The number of rotatable bonds is 2. The summed E-state index contributed by atoms with van der Waals surface area (Å²) in [5.74, 6) is 0.127. The van der Waals surface area contributed by atoms with Crippen molar-refractivity contribution >= 4 is 40.5 Å². The van der Waals surface area contributed by atoms with Gasteiger partial charge in [-0.05, 0) is 12.2 Å². The van der Waals surface area contributed by atoms with Crippen LogP contribution in [0.25, 0.3) is 0 Å². The first-order valence-corrected chi connectivity index (χ1v) is 3.81. The highest BCUT2D eigenvalue weighted by Crippen LogP contribution is 2.25. The molecule has 0 saturated heterocycles. The highest BCUT2D eigenvalue weighted by Gasteiger charge is 2.09. The van der Waals surface area contributed by atoms with Crippen molar-refractivity contribution in [1.82, 2.24) is 4.98 Å². The molecule has 0 spiro atoms. The summed E-state index contributed by atoms with van der Waals surface area (Å²) in [7, 11) is 0. The van der Waals surface area contributed by atoms with Crippen LogP contribution in [0.2, 0.25) is 5.02 Å². The third-order valence-electron chi connectivity index (χ3n) is 1.17. The molecule has 0 N–H and O–H groups in total. The van der Waals surface area contributed by atoms with Crippen molar-refractivity contribution in [2.24, 2.45) is 4.99 Å². The maximum absolute atomic E-state index is 10.3. The molecule has 5 nitrogen and oxygen atoms in total. The normalized spacial score (nSPS) is 9.00. The van der Waals surface area contributed by atoms with Crippen molar-refractivity contribution < 1.29 is 4.92 Å². The summed E-state index contributed by atoms with van der Waals surface area (Å²) in [5.41, 5.74) is -0.187. The van der Waals surface area contributed by atoms with Crippen LogP contribution in [0.15, 0.2) is 17.3 Å². The lowest BCUT2D eigenvalue weighted by molar-refractivity contribution is -0.385. The van der Waals surface area contributed by atoms with E-state index in [4.69, 9.17) is 11.6 Å². The summed E-state index contributed by atoms with van der Waals surface area (Å²) in [6.45, 7) is 0. The first-order valence-electron chi connectivity index (χ1n) is 3.03. The molecule has 0 saturated carbocycles. The molecular formula is C6H2ClN3O2S. The molecule has 0 aromatic carbocycles. The van der Waals surface area contributed by atoms with Crippen molar-refractivity contribution in [2.75, 3.05) is 0 Å². The van der Waals surface area contributed by atoms with E-state index in [-0.39, 0.29) is 16.5 Å². The van der Waals surface area contributed by atoms with Crippen LogP contribution in [0.1, 0.15) is 0 Å². The molecule has 1 aromatic rings. The Morgan fingerprint density at radius 2 is 2.46 bits per heavy atom. The number of nitro groups is 1. The first-order chi connectivity index (χ1) is 6.15. The number of nitrogens with zero attached hydrogens (tertiary/aromatic N) is 3. The van der Waals surface area contributed by atoms with Crippen molar-refractivity contribution in [2.45, 2.75) is 0 Å². The van der Waals surface area contributed by atoms with Crippen molar-refractivity contribution in [3.8, 4) is 0 Å². The molecule has 13 heavy (non-hydrogen) atoms. The van der Waals surface area contributed by atoms with Gasteiger partial charge in [0.2, 0.25) is 0 Å². The zero-order valence-corrected chi connectivity index (χ0v) is 7.67. The molecular weight excluding hydrogens is 214 g/mol. The molecule has 0 aliphatic rings. The minimum atomic E-state index is -0.593. The quantitative estimate of drug-likeness (QED) is 0.329. The van der Waals surface area contributed by atoms with Gasteiger partial charge in [-0.2, -0.15) is 4.99 Å². The predicted octanol–water partition coefficient (Wildman–Crippen LogP) is 2.38. The van der Waals surface area contributed by atoms with Crippen LogP contribution in [0.3, 0.4) is 0 Å². The topological polar surface area (TPSA) is 68.4 Å². The second-order valence-corrected chi connectivity index (χ2v) is 2.55. The fourth-order valence-electron chi connectivity index (χ4n) is 0.646. The Morgan fingerprint density at radius 1 is 1.77 bits per heavy atom. The number of isothiocyanates is 1. The van der Waals surface area contributed by atoms with Gasteiger partial charge in [-0.3, -0.25) is 10.1 Å². The van der Waals surface area contributed by atoms with Gasteiger partial charge in [-0.25, -0.2) is 4.98 Å². The molecule has 0 fully saturated rings. The van der Waals surface area contributed by atoms with E-state index >= 15 is 0 Å². The van der Waals surface area contributed by atoms with E-state index < -0.39 is 4.92 Å². The fourth-order valence-corrected chi connectivity index (χ4v) is 0.935. The van der Waals surface area contributed by atoms with E-state index in [2.05, 4.69) is 27.4 Å². The maximum atomic E-state index is 10.3. The number of aliphatic imine (C=N–C) groups is 1. The minimum absolute atomic E-state index is 0.0755. The standard InChI is InChI=1S/C6H2ClN3O2S/c7-5-1-4(10(11)12)2-8-6(5)9-3-13/h1-2H. The summed E-state index contributed by atoms with van der Waals surface area (Å²) in [5, 5.41) is 12.4. The SMILES string of the molecule is O=[N+]([O-])c1cnc(N=C=S)c(Cl)c1. The van der Waals surface area contributed by atoms with Crippen LogP contribution in [-0.2, 0) is 0 Å². The summed E-state index contributed by atoms with van der Waals surface area (Å²) >= 11 is 9.93. The Morgan fingerprint density at radius 3 is 2.92 bits per heavy atom. The number of thiocarbonyl (C=S) groups is 1. The molecule has 0 unspecified atom stereocenters. The Bertz CT molecular complexity index is 403. The van der Waals surface area contributed by atoms with E-state index in [9.17, 15) is 10.1 Å². The molecule has 0 aliphatic heterocycles. The van der Waals surface area contributed by atoms with Crippen LogP contribution in [0.5, 0.6) is 0 Å². The lowest BCUT2D eigenvalue weighted by Crippen LogP contribution is -1.88. The monoisotopic (exact) mass is 215 g/mol. The lowest BCUT2D eigenvalue weighted by Gasteiger charge is -1.94. The molecule has 0 amide bonds. The van der Waals surface area contributed by atoms with Gasteiger partial charge in [0.25, 0.3) is 5.69 Å². The summed E-state index contributed by atoms with van der Waals surface area (Å²) in [6, 6.07) is 1.15. The van der Waals surface area contributed by atoms with Crippen molar-refractivity contribution in [3.05, 3.63) is 27.4 Å². The molecule has 0 bridgehead atoms. The van der Waals surface area contributed by atoms with E-state index in [1.165, 1.54) is 0 Å². The number of pyridine rings is 1. The second-order valence-electron chi connectivity index (χ2n) is 1.96. The van der Waals surface area contributed by atoms with Gasteiger partial charge < -0.3 is 0 Å². The molecule has 7 heteroatoms. The zero-order valence-electron chi connectivity index (χ0n) is 6.10. The molecule has 66 valence electrons. The van der Waals surface area contributed by atoms with Crippen LogP contribution in [0, 0.1) is 10.1 Å². The van der Waals surface area contributed by atoms with E-state index in [1.54, 1.807) is 0 Å². The Kier molecular flexibility index (Phi) is 3.02. The van der Waals surface area contributed by atoms with Crippen LogP contribution >= 0.6 is 23.8 Å². The average Bonchev–Trinajstić information content (AvgIpc) is 2.08. The Labute approximate surface area is 83.2 Å². The van der Waals surface area contributed by atoms with Crippen LogP contribution < -0.4 is 0 Å². The van der Waals surface area contributed by atoms with E-state index in [0.29, 0.717) is 0 Å². The van der Waals surface area contributed by atoms with Gasteiger partial charge in [0, 0.05) is 6.07 Å². The Hall–Kier alpha value is -1.36. The second kappa shape index (κ2) is 4.04. The van der Waals surface area contributed by atoms with Crippen LogP contribution in [-0.4, -0.2) is 15.1 Å². The molecule has 0 atom stereocenters.